The summed E-state index contributed by atoms with van der Waals surface area (Å²) >= 11 is 0. The van der Waals surface area contributed by atoms with Crippen LogP contribution in [0.2, 0.25) is 0 Å². The van der Waals surface area contributed by atoms with Gasteiger partial charge in [0.1, 0.15) is 5.78 Å². The number of rotatable bonds is 6. The smallest absolute Gasteiger partial charge is 0.136 e. The molecule has 2 heteroatoms. The zero-order valence-electron chi connectivity index (χ0n) is 10.4. The lowest BCUT2D eigenvalue weighted by Crippen LogP contribution is -2.37. The number of ketones is 1. The van der Waals surface area contributed by atoms with Crippen molar-refractivity contribution in [3.63, 3.8) is 0 Å². The molecule has 0 amide bonds. The average Bonchev–Trinajstić information content (AvgIpc) is 2.36. The molecule has 0 heterocycles. The van der Waals surface area contributed by atoms with Gasteiger partial charge in [-0.3, -0.25) is 4.79 Å². The van der Waals surface area contributed by atoms with E-state index in [4.69, 9.17) is 4.74 Å². The summed E-state index contributed by atoms with van der Waals surface area (Å²) in [6.07, 6.45) is 2.80. The van der Waals surface area contributed by atoms with Gasteiger partial charge < -0.3 is 4.74 Å². The maximum atomic E-state index is 11.4. The molecule has 1 aliphatic carbocycles. The molecular formula is C15H20O2. The van der Waals surface area contributed by atoms with E-state index in [0.29, 0.717) is 24.9 Å². The molecule has 0 aliphatic heterocycles. The van der Waals surface area contributed by atoms with Crippen molar-refractivity contribution >= 4 is 5.78 Å². The summed E-state index contributed by atoms with van der Waals surface area (Å²) < 4.78 is 5.62. The fourth-order valence-electron chi connectivity index (χ4n) is 2.45. The second kappa shape index (κ2) is 5.97. The molecule has 0 unspecified atom stereocenters. The molecule has 1 aromatic carbocycles. The van der Waals surface area contributed by atoms with Crippen LogP contribution in [-0.2, 0) is 16.1 Å². The summed E-state index contributed by atoms with van der Waals surface area (Å²) in [6.45, 7) is 3.51. The first-order chi connectivity index (χ1) is 8.31. The Morgan fingerprint density at radius 2 is 2.06 bits per heavy atom. The third-order valence-corrected chi connectivity index (χ3v) is 3.66. The van der Waals surface area contributed by atoms with Gasteiger partial charge >= 0.3 is 0 Å². The molecule has 1 aliphatic rings. The Bertz CT molecular complexity index is 358. The van der Waals surface area contributed by atoms with Gasteiger partial charge in [-0.05, 0) is 17.9 Å². The van der Waals surface area contributed by atoms with Gasteiger partial charge in [0, 0.05) is 18.9 Å². The molecule has 0 radical (unpaired) electrons. The Morgan fingerprint density at radius 3 is 2.71 bits per heavy atom. The Hall–Kier alpha value is -1.15. The van der Waals surface area contributed by atoms with E-state index >= 15 is 0 Å². The van der Waals surface area contributed by atoms with E-state index in [1.165, 1.54) is 5.56 Å². The Morgan fingerprint density at radius 1 is 1.29 bits per heavy atom. The average molecular weight is 232 g/mol. The van der Waals surface area contributed by atoms with Crippen molar-refractivity contribution in [3.05, 3.63) is 35.9 Å². The van der Waals surface area contributed by atoms with Crippen LogP contribution in [-0.4, -0.2) is 12.4 Å². The van der Waals surface area contributed by atoms with Gasteiger partial charge in [0.15, 0.2) is 0 Å². The largest absolute Gasteiger partial charge is 0.377 e. The minimum absolute atomic E-state index is 0.274. The standard InChI is InChI=1S/C15H20O2/c1-2-13-10-15(16)14(13)8-9-17-11-12-6-4-3-5-7-12/h3-7,13-14H,2,8-11H2,1H3/t13-,14-/m0/s1. The topological polar surface area (TPSA) is 26.3 Å². The van der Waals surface area contributed by atoms with Crippen molar-refractivity contribution in [2.24, 2.45) is 11.8 Å². The highest BCUT2D eigenvalue weighted by Crippen LogP contribution is 2.35. The van der Waals surface area contributed by atoms with Crippen LogP contribution >= 0.6 is 0 Å². The molecule has 1 aromatic rings. The van der Waals surface area contributed by atoms with Crippen molar-refractivity contribution < 1.29 is 9.53 Å². The van der Waals surface area contributed by atoms with Crippen molar-refractivity contribution in [2.75, 3.05) is 6.61 Å². The maximum Gasteiger partial charge on any atom is 0.136 e. The summed E-state index contributed by atoms with van der Waals surface area (Å²) in [5.74, 6) is 1.32. The third-order valence-electron chi connectivity index (χ3n) is 3.66. The van der Waals surface area contributed by atoms with Gasteiger partial charge in [-0.1, -0.05) is 43.7 Å². The molecule has 0 N–H and O–H groups in total. The SMILES string of the molecule is CC[C@H]1CC(=O)[C@H]1CCOCc1ccccc1. The summed E-state index contributed by atoms with van der Waals surface area (Å²) in [4.78, 5) is 11.4. The van der Waals surface area contributed by atoms with Gasteiger partial charge in [0.05, 0.1) is 6.61 Å². The van der Waals surface area contributed by atoms with Gasteiger partial charge in [-0.15, -0.1) is 0 Å². The highest BCUT2D eigenvalue weighted by atomic mass is 16.5. The number of carbonyl (C=O) groups excluding carboxylic acids is 1. The molecule has 1 fully saturated rings. The summed E-state index contributed by atoms with van der Waals surface area (Å²) in [5.41, 5.74) is 1.19. The summed E-state index contributed by atoms with van der Waals surface area (Å²) in [5, 5.41) is 0. The van der Waals surface area contributed by atoms with Crippen LogP contribution in [0.4, 0.5) is 0 Å². The second-order valence-corrected chi connectivity index (χ2v) is 4.77. The minimum atomic E-state index is 0.274. The molecule has 0 saturated heterocycles. The van der Waals surface area contributed by atoms with E-state index in [1.54, 1.807) is 0 Å². The molecule has 0 bridgehead atoms. The predicted octanol–water partition coefficient (Wildman–Crippen LogP) is 3.21. The first-order valence-corrected chi connectivity index (χ1v) is 6.45. The molecule has 0 spiro atoms. The summed E-state index contributed by atoms with van der Waals surface area (Å²) in [7, 11) is 0. The Kier molecular flexibility index (Phi) is 4.32. The van der Waals surface area contributed by atoms with Gasteiger partial charge in [-0.25, -0.2) is 0 Å². The van der Waals surface area contributed by atoms with Crippen LogP contribution in [0.5, 0.6) is 0 Å². The van der Waals surface area contributed by atoms with E-state index in [1.807, 2.05) is 18.2 Å². The molecule has 2 nitrogen and oxygen atoms in total. The highest BCUT2D eigenvalue weighted by Gasteiger charge is 2.37. The van der Waals surface area contributed by atoms with Crippen LogP contribution < -0.4 is 0 Å². The molecule has 0 aromatic heterocycles. The van der Waals surface area contributed by atoms with E-state index in [0.717, 1.165) is 19.3 Å². The highest BCUT2D eigenvalue weighted by molar-refractivity contribution is 5.87. The molecule has 2 rings (SSSR count). The molecular weight excluding hydrogens is 212 g/mol. The maximum absolute atomic E-state index is 11.4. The lowest BCUT2D eigenvalue weighted by molar-refractivity contribution is -0.135. The van der Waals surface area contributed by atoms with Crippen LogP contribution in [0.15, 0.2) is 30.3 Å². The molecule has 17 heavy (non-hydrogen) atoms. The van der Waals surface area contributed by atoms with E-state index in [-0.39, 0.29) is 5.92 Å². The summed E-state index contributed by atoms with van der Waals surface area (Å²) in [6, 6.07) is 10.2. The Balaban J connectivity index is 1.65. The van der Waals surface area contributed by atoms with Gasteiger partial charge in [0.25, 0.3) is 0 Å². The quantitative estimate of drug-likeness (QED) is 0.704. The van der Waals surface area contributed by atoms with Gasteiger partial charge in [-0.2, -0.15) is 0 Å². The van der Waals surface area contributed by atoms with Crippen molar-refractivity contribution in [2.45, 2.75) is 32.8 Å². The minimum Gasteiger partial charge on any atom is -0.377 e. The normalized spacial score (nSPS) is 23.5. The van der Waals surface area contributed by atoms with Crippen molar-refractivity contribution in [3.8, 4) is 0 Å². The van der Waals surface area contributed by atoms with Crippen LogP contribution in [0, 0.1) is 11.8 Å². The number of ether oxygens (including phenoxy) is 1. The number of carbonyl (C=O) groups is 1. The van der Waals surface area contributed by atoms with Crippen LogP contribution in [0.25, 0.3) is 0 Å². The van der Waals surface area contributed by atoms with Crippen molar-refractivity contribution in [1.82, 2.24) is 0 Å². The van der Waals surface area contributed by atoms with Crippen molar-refractivity contribution in [1.29, 1.82) is 0 Å². The third kappa shape index (κ3) is 3.16. The lowest BCUT2D eigenvalue weighted by atomic mass is 9.69. The fraction of sp³-hybridized carbons (Fsp3) is 0.533. The lowest BCUT2D eigenvalue weighted by Gasteiger charge is -2.34. The number of benzene rings is 1. The monoisotopic (exact) mass is 232 g/mol. The number of hydrogen-bond donors (Lipinski definition) is 0. The van der Waals surface area contributed by atoms with Crippen LogP contribution in [0.3, 0.4) is 0 Å². The molecule has 1 saturated carbocycles. The van der Waals surface area contributed by atoms with Gasteiger partial charge in [0.2, 0.25) is 0 Å². The second-order valence-electron chi connectivity index (χ2n) is 4.77. The van der Waals surface area contributed by atoms with E-state index in [2.05, 4.69) is 19.1 Å². The molecule has 2 atom stereocenters. The van der Waals surface area contributed by atoms with E-state index in [9.17, 15) is 4.79 Å². The predicted molar refractivity (Wildman–Crippen MR) is 67.6 cm³/mol. The Labute approximate surface area is 103 Å². The molecule has 92 valence electrons. The number of hydrogen-bond acceptors (Lipinski definition) is 2. The van der Waals surface area contributed by atoms with Crippen LogP contribution in [0.1, 0.15) is 31.7 Å². The fourth-order valence-corrected chi connectivity index (χ4v) is 2.45. The first kappa shape index (κ1) is 12.3. The number of Topliss-reactive ketones (excluding diaryl/α,β-unsaturated/α-hetero) is 1. The van der Waals surface area contributed by atoms with E-state index < -0.39 is 0 Å². The zero-order valence-corrected chi connectivity index (χ0v) is 10.4. The first-order valence-electron chi connectivity index (χ1n) is 6.45. The zero-order chi connectivity index (χ0) is 12.1.